The molecule has 4 aliphatic carbocycles. The smallest absolute Gasteiger partial charge is 0.336 e. The molecule has 0 radical (unpaired) electrons. The molecule has 2 aliphatic heterocycles. The van der Waals surface area contributed by atoms with Gasteiger partial charge < -0.3 is 14.6 Å². The number of hydrogen-bond acceptors (Lipinski definition) is 6. The Morgan fingerprint density at radius 1 is 1.09 bits per heavy atom. The maximum atomic E-state index is 14.0. The first-order valence-corrected chi connectivity index (χ1v) is 11.6. The second-order valence-corrected chi connectivity index (χ2v) is 11.8. The van der Waals surface area contributed by atoms with E-state index in [0.29, 0.717) is 24.8 Å². The summed E-state index contributed by atoms with van der Waals surface area (Å²) in [5.41, 5.74) is -1.43. The van der Waals surface area contributed by atoms with Crippen LogP contribution in [0.5, 0.6) is 0 Å². The van der Waals surface area contributed by atoms with E-state index in [1.165, 1.54) is 6.08 Å². The van der Waals surface area contributed by atoms with Crippen molar-refractivity contribution in [3.05, 3.63) is 35.5 Å². The summed E-state index contributed by atoms with van der Waals surface area (Å²) < 4.78 is 11.4. The fourth-order valence-electron chi connectivity index (χ4n) is 8.58. The Kier molecular flexibility index (Phi) is 3.55. The number of epoxide rings is 1. The van der Waals surface area contributed by atoms with Crippen LogP contribution >= 0.6 is 0 Å². The first-order chi connectivity index (χ1) is 14.8. The number of carbonyl (C=O) groups excluding carboxylic acids is 3. The van der Waals surface area contributed by atoms with Crippen molar-refractivity contribution in [3.63, 3.8) is 0 Å². The van der Waals surface area contributed by atoms with Gasteiger partial charge in [0, 0.05) is 34.2 Å². The van der Waals surface area contributed by atoms with Crippen LogP contribution in [-0.2, 0) is 23.9 Å². The molecule has 3 fully saturated rings. The number of fused-ring (bicyclic) bond motifs is 3. The van der Waals surface area contributed by atoms with Crippen molar-refractivity contribution in [3.8, 4) is 0 Å². The third-order valence-electron chi connectivity index (χ3n) is 10.3. The van der Waals surface area contributed by atoms with Gasteiger partial charge in [0.15, 0.2) is 5.78 Å². The third kappa shape index (κ3) is 1.92. The molecule has 2 saturated carbocycles. The lowest BCUT2D eigenvalue weighted by Gasteiger charge is -2.61. The molecule has 0 aromatic heterocycles. The number of allylic oxidation sites excluding steroid dienone is 3. The first-order valence-electron chi connectivity index (χ1n) is 11.6. The second-order valence-electron chi connectivity index (χ2n) is 11.8. The number of Topliss-reactive ketones (excluding diaryl/α,β-unsaturated/α-hetero) is 1. The van der Waals surface area contributed by atoms with Gasteiger partial charge in [-0.3, -0.25) is 9.59 Å². The van der Waals surface area contributed by atoms with Crippen LogP contribution in [0.25, 0.3) is 0 Å². The van der Waals surface area contributed by atoms with Crippen molar-refractivity contribution in [2.24, 2.45) is 33.5 Å². The summed E-state index contributed by atoms with van der Waals surface area (Å²) in [6.07, 6.45) is 7.71. The minimum atomic E-state index is -1.21. The number of esters is 1. The summed E-state index contributed by atoms with van der Waals surface area (Å²) in [5, 5.41) is 9.85. The van der Waals surface area contributed by atoms with Gasteiger partial charge in [0.05, 0.1) is 11.5 Å². The van der Waals surface area contributed by atoms with Gasteiger partial charge in [-0.2, -0.15) is 0 Å². The van der Waals surface area contributed by atoms with Gasteiger partial charge in [0.25, 0.3) is 0 Å². The number of rotatable bonds is 1. The summed E-state index contributed by atoms with van der Waals surface area (Å²) in [7, 11) is 0. The lowest BCUT2D eigenvalue weighted by Crippen LogP contribution is -2.64. The largest absolute Gasteiger partial charge is 0.429 e. The van der Waals surface area contributed by atoms with Crippen LogP contribution in [0.15, 0.2) is 35.5 Å². The lowest BCUT2D eigenvalue weighted by molar-refractivity contribution is -0.152. The molecule has 170 valence electrons. The zero-order valence-electron chi connectivity index (χ0n) is 19.2. The minimum absolute atomic E-state index is 0.0718. The van der Waals surface area contributed by atoms with Crippen molar-refractivity contribution in [1.82, 2.24) is 0 Å². The maximum Gasteiger partial charge on any atom is 0.336 e. The predicted molar refractivity (Wildman–Crippen MR) is 114 cm³/mol. The van der Waals surface area contributed by atoms with Gasteiger partial charge in [-0.05, 0) is 43.4 Å². The Balaban J connectivity index is 1.52. The summed E-state index contributed by atoms with van der Waals surface area (Å²) in [6, 6.07) is 0. The molecule has 8 atom stereocenters. The molecule has 2 heterocycles. The van der Waals surface area contributed by atoms with Crippen LogP contribution in [-0.4, -0.2) is 40.6 Å². The minimum Gasteiger partial charge on any atom is -0.429 e. The molecule has 0 aromatic rings. The fourth-order valence-corrected chi connectivity index (χ4v) is 8.58. The van der Waals surface area contributed by atoms with Crippen molar-refractivity contribution < 1.29 is 29.0 Å². The third-order valence-corrected chi connectivity index (χ3v) is 10.3. The van der Waals surface area contributed by atoms with Crippen LogP contribution in [0.3, 0.4) is 0 Å². The highest BCUT2D eigenvalue weighted by molar-refractivity contribution is 6.00. The summed E-state index contributed by atoms with van der Waals surface area (Å²) in [6.45, 7) is 10.2. The number of hydrogen-bond donors (Lipinski definition) is 1. The Morgan fingerprint density at radius 3 is 2.47 bits per heavy atom. The van der Waals surface area contributed by atoms with E-state index < -0.39 is 39.5 Å². The van der Waals surface area contributed by atoms with Crippen LogP contribution in [0.4, 0.5) is 0 Å². The van der Waals surface area contributed by atoms with Gasteiger partial charge in [-0.1, -0.05) is 39.8 Å². The Labute approximate surface area is 187 Å². The van der Waals surface area contributed by atoms with E-state index in [4.69, 9.17) is 9.47 Å². The summed E-state index contributed by atoms with van der Waals surface area (Å²) >= 11 is 0. The maximum absolute atomic E-state index is 14.0. The first kappa shape index (κ1) is 20.5. The Morgan fingerprint density at radius 2 is 1.81 bits per heavy atom. The Hall–Kier alpha value is -2.05. The van der Waals surface area contributed by atoms with Crippen LogP contribution in [0, 0.1) is 33.5 Å². The van der Waals surface area contributed by atoms with E-state index in [2.05, 4.69) is 19.9 Å². The van der Waals surface area contributed by atoms with Gasteiger partial charge in [-0.15, -0.1) is 0 Å². The average molecular weight is 439 g/mol. The molecule has 6 rings (SSSR count). The van der Waals surface area contributed by atoms with Gasteiger partial charge in [-0.25, -0.2) is 4.79 Å². The monoisotopic (exact) mass is 438 g/mol. The number of ketones is 2. The predicted octanol–water partition coefficient (Wildman–Crippen LogP) is 3.05. The molecule has 0 aromatic carbocycles. The Bertz CT molecular complexity index is 1100. The van der Waals surface area contributed by atoms with Gasteiger partial charge in [0.1, 0.15) is 11.4 Å². The lowest BCUT2D eigenvalue weighted by atomic mass is 9.40. The molecular formula is C26H30O6. The zero-order valence-corrected chi connectivity index (χ0v) is 19.2. The average Bonchev–Trinajstić information content (AvgIpc) is 3.27. The van der Waals surface area contributed by atoms with Crippen molar-refractivity contribution in [2.75, 3.05) is 0 Å². The SMILES string of the molecule is CC1(C)C(=O)C=C[C@]2(C)C3=CC[C@@]4(C)[C@H](C5=CC(O)OC5=O)C[C@H]5O[C@]54[C@]3(C)C(=O)C[C@@H]12. The quantitative estimate of drug-likeness (QED) is 0.384. The number of carbonyl (C=O) groups is 3. The van der Waals surface area contributed by atoms with E-state index in [9.17, 15) is 19.5 Å². The molecule has 0 bridgehead atoms. The molecule has 6 aliphatic rings. The molecular weight excluding hydrogens is 408 g/mol. The van der Waals surface area contributed by atoms with Crippen molar-refractivity contribution in [2.45, 2.75) is 71.9 Å². The summed E-state index contributed by atoms with van der Waals surface area (Å²) in [5.74, 6) is -0.518. The normalized spacial score (nSPS) is 52.4. The van der Waals surface area contributed by atoms with E-state index in [-0.39, 0.29) is 29.5 Å². The molecule has 0 amide bonds. The van der Waals surface area contributed by atoms with E-state index in [0.717, 1.165) is 5.57 Å². The molecule has 32 heavy (non-hydrogen) atoms. The molecule has 1 spiro atoms. The molecule has 1 N–H and O–H groups in total. The number of cyclic esters (lactones) is 1. The number of aliphatic hydroxyl groups excluding tert-OH is 1. The van der Waals surface area contributed by atoms with E-state index in [1.54, 1.807) is 6.08 Å². The molecule has 6 heteroatoms. The van der Waals surface area contributed by atoms with Crippen LogP contribution in [0.2, 0.25) is 0 Å². The standard InChI is InChI=1S/C26H30O6/c1-22(2)16-12-18(28)25(5)15(23(16,3)8-7-17(22)27)6-9-24(4)14(11-19-26(24,25)32-19)13-10-20(29)31-21(13)30/h6-8,10,14,16,19-20,29H,9,11-12H2,1-5H3/t14-,16-,19+,20?,23+,24-,25-,26+/m0/s1. The van der Waals surface area contributed by atoms with E-state index in [1.807, 2.05) is 26.8 Å². The molecule has 1 saturated heterocycles. The number of ether oxygens (including phenoxy) is 2. The topological polar surface area (TPSA) is 93.2 Å². The van der Waals surface area contributed by atoms with Crippen molar-refractivity contribution >= 4 is 17.5 Å². The van der Waals surface area contributed by atoms with Crippen LogP contribution < -0.4 is 0 Å². The number of aliphatic hydroxyl groups is 1. The van der Waals surface area contributed by atoms with Gasteiger partial charge >= 0.3 is 5.97 Å². The highest BCUT2D eigenvalue weighted by atomic mass is 16.6. The fraction of sp³-hybridized carbons (Fsp3) is 0.654. The molecule has 6 nitrogen and oxygen atoms in total. The second kappa shape index (κ2) is 5.53. The highest BCUT2D eigenvalue weighted by Gasteiger charge is 2.85. The molecule has 1 unspecified atom stereocenters. The summed E-state index contributed by atoms with van der Waals surface area (Å²) in [4.78, 5) is 39.2. The zero-order chi connectivity index (χ0) is 23.1. The van der Waals surface area contributed by atoms with Gasteiger partial charge in [0.2, 0.25) is 6.29 Å². The van der Waals surface area contributed by atoms with E-state index >= 15 is 0 Å². The van der Waals surface area contributed by atoms with Crippen molar-refractivity contribution in [1.29, 1.82) is 0 Å². The highest BCUT2D eigenvalue weighted by Crippen LogP contribution is 2.79. The van der Waals surface area contributed by atoms with Crippen LogP contribution in [0.1, 0.15) is 53.9 Å².